The number of halogens is 1. The number of hydrogen-bond donors (Lipinski definition) is 0. The summed E-state index contributed by atoms with van der Waals surface area (Å²) in [6.07, 6.45) is 1.22. The second kappa shape index (κ2) is 6.04. The molecule has 2 aliphatic heterocycles. The van der Waals surface area contributed by atoms with Crippen molar-refractivity contribution in [1.82, 2.24) is 4.90 Å². The molecule has 0 radical (unpaired) electrons. The van der Waals surface area contributed by atoms with Gasteiger partial charge in [0.25, 0.3) is 0 Å². The number of likely N-dealkylation sites (N-methyl/N-ethyl adjacent to an activating group) is 1. The molecule has 2 unspecified atom stereocenters. The average Bonchev–Trinajstić information content (AvgIpc) is 2.82. The second-order valence-electron chi connectivity index (χ2n) is 6.66. The minimum absolute atomic E-state index is 0.587. The van der Waals surface area contributed by atoms with Crippen LogP contribution in [0.15, 0.2) is 47.4 Å². The van der Waals surface area contributed by atoms with E-state index in [-0.39, 0.29) is 0 Å². The van der Waals surface area contributed by atoms with Crippen molar-refractivity contribution in [2.45, 2.75) is 30.2 Å². The maximum atomic E-state index is 6.03. The van der Waals surface area contributed by atoms with Crippen LogP contribution in [0.5, 0.6) is 0 Å². The maximum Gasteiger partial charge on any atom is 0.0513 e. The Hall–Kier alpha value is -1.16. The van der Waals surface area contributed by atoms with Gasteiger partial charge in [-0.15, -0.1) is 0 Å². The van der Waals surface area contributed by atoms with E-state index in [9.17, 15) is 0 Å². The molecule has 1 fully saturated rings. The van der Waals surface area contributed by atoms with Gasteiger partial charge in [-0.1, -0.05) is 29.3 Å². The Kier molecular flexibility index (Phi) is 4.04. The number of fused-ring (bicyclic) bond motifs is 3. The molecule has 2 aromatic rings. The van der Waals surface area contributed by atoms with Crippen LogP contribution in [0.2, 0.25) is 5.02 Å². The Morgan fingerprint density at radius 2 is 1.91 bits per heavy atom. The Balaban J connectivity index is 1.70. The molecule has 0 aromatic heterocycles. The zero-order valence-corrected chi connectivity index (χ0v) is 15.1. The molecule has 2 heterocycles. The average molecular weight is 345 g/mol. The summed E-state index contributed by atoms with van der Waals surface area (Å²) >= 11 is 7.88. The molecule has 4 rings (SSSR count). The SMILES string of the molecule is Cc1ccc2c(c1)C1CN(C)CCC1N2Sc1ccc(Cl)cc1. The van der Waals surface area contributed by atoms with E-state index in [0.717, 1.165) is 11.6 Å². The van der Waals surface area contributed by atoms with Crippen molar-refractivity contribution in [2.24, 2.45) is 0 Å². The van der Waals surface area contributed by atoms with Crippen LogP contribution in [-0.2, 0) is 0 Å². The molecule has 0 aliphatic carbocycles. The molecule has 0 spiro atoms. The summed E-state index contributed by atoms with van der Waals surface area (Å²) in [6, 6.07) is 15.7. The third-order valence-corrected chi connectivity index (χ3v) is 6.32. The molecule has 2 atom stereocenters. The molecule has 120 valence electrons. The lowest BCUT2D eigenvalue weighted by molar-refractivity contribution is 0.238. The summed E-state index contributed by atoms with van der Waals surface area (Å²) in [5.41, 5.74) is 4.26. The molecule has 2 aliphatic rings. The zero-order chi connectivity index (χ0) is 16.0. The second-order valence-corrected chi connectivity index (χ2v) is 8.14. The van der Waals surface area contributed by atoms with Gasteiger partial charge in [0.1, 0.15) is 0 Å². The minimum atomic E-state index is 0.587. The predicted molar refractivity (Wildman–Crippen MR) is 99.6 cm³/mol. The Morgan fingerprint density at radius 1 is 1.13 bits per heavy atom. The van der Waals surface area contributed by atoms with Crippen molar-refractivity contribution in [3.05, 3.63) is 58.6 Å². The van der Waals surface area contributed by atoms with Crippen molar-refractivity contribution in [3.8, 4) is 0 Å². The lowest BCUT2D eigenvalue weighted by Crippen LogP contribution is -2.42. The lowest BCUT2D eigenvalue weighted by Gasteiger charge is -2.36. The first-order valence-electron chi connectivity index (χ1n) is 8.14. The normalized spacial score (nSPS) is 23.7. The van der Waals surface area contributed by atoms with Crippen molar-refractivity contribution in [2.75, 3.05) is 24.4 Å². The first-order valence-corrected chi connectivity index (χ1v) is 9.29. The number of piperidine rings is 1. The number of rotatable bonds is 2. The van der Waals surface area contributed by atoms with Gasteiger partial charge in [0.15, 0.2) is 0 Å². The quantitative estimate of drug-likeness (QED) is 0.711. The third-order valence-electron chi connectivity index (χ3n) is 4.92. The van der Waals surface area contributed by atoms with Gasteiger partial charge in [-0.3, -0.25) is 0 Å². The van der Waals surface area contributed by atoms with Crippen LogP contribution in [-0.4, -0.2) is 31.1 Å². The highest BCUT2D eigenvalue weighted by Gasteiger charge is 2.41. The van der Waals surface area contributed by atoms with E-state index in [1.54, 1.807) is 0 Å². The van der Waals surface area contributed by atoms with Gasteiger partial charge in [-0.2, -0.15) is 0 Å². The van der Waals surface area contributed by atoms with Crippen LogP contribution in [0.3, 0.4) is 0 Å². The fourth-order valence-electron chi connectivity index (χ4n) is 3.77. The maximum absolute atomic E-state index is 6.03. The number of benzene rings is 2. The number of likely N-dealkylation sites (tertiary alicyclic amines) is 1. The molecule has 0 bridgehead atoms. The highest BCUT2D eigenvalue weighted by atomic mass is 35.5. The summed E-state index contributed by atoms with van der Waals surface area (Å²) in [7, 11) is 2.24. The Labute approximate surface area is 147 Å². The van der Waals surface area contributed by atoms with Gasteiger partial charge in [-0.25, -0.2) is 0 Å². The van der Waals surface area contributed by atoms with Gasteiger partial charge in [0.2, 0.25) is 0 Å². The number of nitrogens with zero attached hydrogens (tertiary/aromatic N) is 2. The number of aryl methyl sites for hydroxylation is 1. The molecule has 2 aromatic carbocycles. The van der Waals surface area contributed by atoms with E-state index in [0.29, 0.717) is 12.0 Å². The number of anilines is 1. The molecular formula is C19H21ClN2S. The summed E-state index contributed by atoms with van der Waals surface area (Å²) in [5.74, 6) is 0.614. The first-order chi connectivity index (χ1) is 11.1. The van der Waals surface area contributed by atoms with E-state index < -0.39 is 0 Å². The topological polar surface area (TPSA) is 6.48 Å². The highest BCUT2D eigenvalue weighted by molar-refractivity contribution is 8.00. The minimum Gasteiger partial charge on any atom is -0.308 e. The van der Waals surface area contributed by atoms with Crippen LogP contribution >= 0.6 is 23.5 Å². The first kappa shape index (κ1) is 15.4. The summed E-state index contributed by atoms with van der Waals surface area (Å²) in [4.78, 5) is 3.71. The van der Waals surface area contributed by atoms with Crippen molar-refractivity contribution in [1.29, 1.82) is 0 Å². The highest BCUT2D eigenvalue weighted by Crippen LogP contribution is 2.49. The van der Waals surface area contributed by atoms with Crippen molar-refractivity contribution < 1.29 is 0 Å². The van der Waals surface area contributed by atoms with Gasteiger partial charge in [0, 0.05) is 22.4 Å². The van der Waals surface area contributed by atoms with E-state index in [1.165, 1.54) is 34.7 Å². The molecule has 23 heavy (non-hydrogen) atoms. The van der Waals surface area contributed by atoms with E-state index in [1.807, 2.05) is 24.1 Å². The summed E-state index contributed by atoms with van der Waals surface area (Å²) in [5, 5.41) is 0.795. The van der Waals surface area contributed by atoms with Gasteiger partial charge in [0.05, 0.1) is 11.7 Å². The van der Waals surface area contributed by atoms with Crippen LogP contribution in [0.1, 0.15) is 23.5 Å². The van der Waals surface area contributed by atoms with Crippen LogP contribution in [0.4, 0.5) is 5.69 Å². The predicted octanol–water partition coefficient (Wildman–Crippen LogP) is 4.96. The summed E-state index contributed by atoms with van der Waals surface area (Å²) < 4.78 is 2.54. The van der Waals surface area contributed by atoms with Crippen molar-refractivity contribution in [3.63, 3.8) is 0 Å². The molecule has 0 amide bonds. The van der Waals surface area contributed by atoms with Gasteiger partial charge >= 0.3 is 0 Å². The third kappa shape index (κ3) is 2.86. The molecule has 0 saturated carbocycles. The molecule has 0 N–H and O–H groups in total. The van der Waals surface area contributed by atoms with Crippen LogP contribution in [0.25, 0.3) is 0 Å². The number of hydrogen-bond acceptors (Lipinski definition) is 3. The Morgan fingerprint density at radius 3 is 2.70 bits per heavy atom. The summed E-state index contributed by atoms with van der Waals surface area (Å²) in [6.45, 7) is 4.52. The van der Waals surface area contributed by atoms with E-state index in [2.05, 4.69) is 53.5 Å². The molecule has 1 saturated heterocycles. The van der Waals surface area contributed by atoms with Gasteiger partial charge < -0.3 is 9.21 Å². The lowest BCUT2D eigenvalue weighted by atomic mass is 9.89. The largest absolute Gasteiger partial charge is 0.308 e. The molecule has 4 heteroatoms. The van der Waals surface area contributed by atoms with E-state index in [4.69, 9.17) is 11.6 Å². The molecular weight excluding hydrogens is 324 g/mol. The fourth-order valence-corrected chi connectivity index (χ4v) is 5.03. The smallest absolute Gasteiger partial charge is 0.0513 e. The van der Waals surface area contributed by atoms with Crippen LogP contribution in [0, 0.1) is 6.92 Å². The zero-order valence-electron chi connectivity index (χ0n) is 13.5. The van der Waals surface area contributed by atoms with Gasteiger partial charge in [-0.05, 0) is 74.8 Å². The van der Waals surface area contributed by atoms with Crippen LogP contribution < -0.4 is 4.31 Å². The Bertz CT molecular complexity index is 716. The van der Waals surface area contributed by atoms with Crippen molar-refractivity contribution >= 4 is 29.2 Å². The fraction of sp³-hybridized carbons (Fsp3) is 0.368. The monoisotopic (exact) mass is 344 g/mol. The standard InChI is InChI=1S/C19H21ClN2S/c1-13-3-8-18-16(11-13)17-12-21(2)10-9-19(17)22(18)23-15-6-4-14(20)5-7-15/h3-8,11,17,19H,9-10,12H2,1-2H3. The molecule has 2 nitrogen and oxygen atoms in total. The van der Waals surface area contributed by atoms with E-state index >= 15 is 0 Å².